The van der Waals surface area contributed by atoms with Crippen molar-refractivity contribution in [2.24, 2.45) is 5.92 Å². The van der Waals surface area contributed by atoms with Crippen LogP contribution in [0, 0.1) is 5.92 Å². The summed E-state index contributed by atoms with van der Waals surface area (Å²) < 4.78 is 0. The number of carbonyl (C=O) groups excluding carboxylic acids is 2. The summed E-state index contributed by atoms with van der Waals surface area (Å²) in [6, 6.07) is 12.9. The minimum atomic E-state index is -0.124. The summed E-state index contributed by atoms with van der Waals surface area (Å²) in [5.74, 6) is -0.230. The predicted octanol–water partition coefficient (Wildman–Crippen LogP) is 3.29. The van der Waals surface area contributed by atoms with Crippen LogP contribution in [-0.2, 0) is 11.3 Å². The van der Waals surface area contributed by atoms with Gasteiger partial charge < -0.3 is 10.2 Å². The number of rotatable bonds is 5. The van der Waals surface area contributed by atoms with Crippen LogP contribution in [0.1, 0.15) is 28.9 Å². The molecule has 3 heterocycles. The molecule has 7 nitrogen and oxygen atoms in total. The highest BCUT2D eigenvalue weighted by Gasteiger charge is 2.28. The topological polar surface area (TPSA) is 91.0 Å². The number of nitrogens with one attached hydrogen (secondary N) is 2. The number of hydrogen-bond donors (Lipinski definition) is 2. The molecule has 1 fully saturated rings. The molecule has 2 aromatic heterocycles. The van der Waals surface area contributed by atoms with Crippen molar-refractivity contribution in [2.45, 2.75) is 19.4 Å². The summed E-state index contributed by atoms with van der Waals surface area (Å²) in [5.41, 5.74) is 2.96. The van der Waals surface area contributed by atoms with E-state index in [9.17, 15) is 9.59 Å². The fraction of sp³-hybridized carbons (Fsp3) is 0.273. The Kier molecular flexibility index (Phi) is 6.09. The zero-order chi connectivity index (χ0) is 20.9. The molecule has 0 saturated carbocycles. The first kappa shape index (κ1) is 20.1. The van der Waals surface area contributed by atoms with Gasteiger partial charge in [-0.3, -0.25) is 19.7 Å². The Morgan fingerprint density at radius 1 is 1.13 bits per heavy atom. The first-order valence-corrected chi connectivity index (χ1v) is 10.3. The number of amides is 2. The molecule has 2 amide bonds. The third-order valence-corrected chi connectivity index (χ3v) is 5.72. The maximum absolute atomic E-state index is 12.8. The number of likely N-dealkylation sites (tertiary alicyclic amines) is 1. The first-order chi connectivity index (χ1) is 14.6. The standard InChI is InChI=1S/C22H22ClN5O2/c23-18-4-2-1-3-17(18)14-25-21(29)16-7-11-28(12-8-16)22(30)20-13-19(26-27-20)15-5-9-24-10-6-15/h1-6,9-10,13,16H,7-8,11-12,14H2,(H,25,29)(H,26,27). The van der Waals surface area contributed by atoms with Gasteiger partial charge in [0.15, 0.2) is 5.69 Å². The van der Waals surface area contributed by atoms with E-state index in [0.29, 0.717) is 43.2 Å². The van der Waals surface area contributed by atoms with Crippen molar-refractivity contribution in [3.8, 4) is 11.3 Å². The van der Waals surface area contributed by atoms with E-state index in [-0.39, 0.29) is 17.7 Å². The summed E-state index contributed by atoms with van der Waals surface area (Å²) in [4.78, 5) is 31.0. The number of carbonyl (C=O) groups is 2. The number of halogens is 1. The summed E-state index contributed by atoms with van der Waals surface area (Å²) in [6.07, 6.45) is 4.64. The number of aromatic amines is 1. The average molecular weight is 424 g/mol. The van der Waals surface area contributed by atoms with Crippen molar-refractivity contribution >= 4 is 23.4 Å². The molecule has 1 aliphatic heterocycles. The Balaban J connectivity index is 1.30. The largest absolute Gasteiger partial charge is 0.352 e. The lowest BCUT2D eigenvalue weighted by Crippen LogP contribution is -2.43. The molecule has 2 N–H and O–H groups in total. The Morgan fingerprint density at radius 2 is 1.87 bits per heavy atom. The van der Waals surface area contributed by atoms with Gasteiger partial charge in [0.25, 0.3) is 5.91 Å². The van der Waals surface area contributed by atoms with Crippen LogP contribution < -0.4 is 5.32 Å². The lowest BCUT2D eigenvalue weighted by molar-refractivity contribution is -0.126. The van der Waals surface area contributed by atoms with Gasteiger partial charge in [-0.15, -0.1) is 0 Å². The molecule has 0 radical (unpaired) electrons. The summed E-state index contributed by atoms with van der Waals surface area (Å²) in [5, 5.41) is 10.7. The minimum Gasteiger partial charge on any atom is -0.352 e. The Labute approximate surface area is 179 Å². The fourth-order valence-electron chi connectivity index (χ4n) is 3.59. The van der Waals surface area contributed by atoms with Gasteiger partial charge in [-0.1, -0.05) is 29.8 Å². The van der Waals surface area contributed by atoms with Crippen molar-refractivity contribution in [1.29, 1.82) is 0 Å². The summed E-state index contributed by atoms with van der Waals surface area (Å²) >= 11 is 6.14. The van der Waals surface area contributed by atoms with Gasteiger partial charge in [0.1, 0.15) is 0 Å². The Bertz CT molecular complexity index is 1030. The van der Waals surface area contributed by atoms with Crippen LogP contribution in [0.5, 0.6) is 0 Å². The second-order valence-corrected chi connectivity index (χ2v) is 7.69. The molecule has 1 aliphatic rings. The van der Waals surface area contributed by atoms with Gasteiger partial charge in [-0.05, 0) is 42.7 Å². The lowest BCUT2D eigenvalue weighted by atomic mass is 9.95. The molecule has 1 aromatic carbocycles. The van der Waals surface area contributed by atoms with Gasteiger partial charge >= 0.3 is 0 Å². The molecule has 3 aromatic rings. The quantitative estimate of drug-likeness (QED) is 0.658. The Morgan fingerprint density at radius 3 is 2.60 bits per heavy atom. The predicted molar refractivity (Wildman–Crippen MR) is 114 cm³/mol. The highest BCUT2D eigenvalue weighted by atomic mass is 35.5. The molecule has 0 bridgehead atoms. The van der Waals surface area contributed by atoms with Crippen molar-refractivity contribution in [2.75, 3.05) is 13.1 Å². The monoisotopic (exact) mass is 423 g/mol. The minimum absolute atomic E-state index is 0.00163. The number of pyridine rings is 1. The fourth-order valence-corrected chi connectivity index (χ4v) is 3.79. The van der Waals surface area contributed by atoms with E-state index in [1.165, 1.54) is 0 Å². The molecule has 30 heavy (non-hydrogen) atoms. The van der Waals surface area contributed by atoms with E-state index in [0.717, 1.165) is 16.8 Å². The van der Waals surface area contributed by atoms with Gasteiger partial charge in [0.2, 0.25) is 5.91 Å². The van der Waals surface area contributed by atoms with E-state index in [4.69, 9.17) is 11.6 Å². The lowest BCUT2D eigenvalue weighted by Gasteiger charge is -2.30. The molecule has 0 atom stereocenters. The molecule has 8 heteroatoms. The number of nitrogens with zero attached hydrogens (tertiary/aromatic N) is 3. The molecule has 0 aliphatic carbocycles. The van der Waals surface area contributed by atoms with E-state index in [1.807, 2.05) is 36.4 Å². The maximum Gasteiger partial charge on any atom is 0.274 e. The Hall–Kier alpha value is -3.19. The second kappa shape index (κ2) is 9.09. The van der Waals surface area contributed by atoms with Crippen LogP contribution in [0.15, 0.2) is 54.9 Å². The van der Waals surface area contributed by atoms with E-state index < -0.39 is 0 Å². The van der Waals surface area contributed by atoms with Crippen LogP contribution >= 0.6 is 11.6 Å². The average Bonchev–Trinajstić information content (AvgIpc) is 3.29. The van der Waals surface area contributed by atoms with Gasteiger partial charge in [-0.2, -0.15) is 5.10 Å². The van der Waals surface area contributed by atoms with Gasteiger partial charge in [-0.25, -0.2) is 0 Å². The molecule has 154 valence electrons. The van der Waals surface area contributed by atoms with E-state index in [1.54, 1.807) is 23.4 Å². The third-order valence-electron chi connectivity index (χ3n) is 5.35. The molecule has 0 unspecified atom stereocenters. The van der Waals surface area contributed by atoms with E-state index in [2.05, 4.69) is 20.5 Å². The summed E-state index contributed by atoms with van der Waals surface area (Å²) in [7, 11) is 0. The molecular formula is C22H22ClN5O2. The number of piperidine rings is 1. The maximum atomic E-state index is 12.8. The summed E-state index contributed by atoms with van der Waals surface area (Å²) in [6.45, 7) is 1.46. The zero-order valence-corrected chi connectivity index (χ0v) is 17.1. The number of benzene rings is 1. The SMILES string of the molecule is O=C(NCc1ccccc1Cl)C1CCN(C(=O)c2cc(-c3ccncc3)[nH]n2)CC1. The van der Waals surface area contributed by atoms with Crippen LogP contribution in [-0.4, -0.2) is 45.0 Å². The van der Waals surface area contributed by atoms with Gasteiger partial charge in [0.05, 0.1) is 5.69 Å². The van der Waals surface area contributed by atoms with Crippen molar-refractivity contribution < 1.29 is 9.59 Å². The smallest absolute Gasteiger partial charge is 0.274 e. The van der Waals surface area contributed by atoms with Gasteiger partial charge in [0, 0.05) is 48.5 Å². The number of aromatic nitrogens is 3. The molecule has 1 saturated heterocycles. The van der Waals surface area contributed by atoms with Crippen LogP contribution in [0.4, 0.5) is 0 Å². The number of H-pyrrole nitrogens is 1. The van der Waals surface area contributed by atoms with Crippen molar-refractivity contribution in [1.82, 2.24) is 25.4 Å². The van der Waals surface area contributed by atoms with Crippen LogP contribution in [0.3, 0.4) is 0 Å². The van der Waals surface area contributed by atoms with Crippen molar-refractivity contribution in [3.05, 3.63) is 71.1 Å². The van der Waals surface area contributed by atoms with Crippen LogP contribution in [0.25, 0.3) is 11.3 Å². The second-order valence-electron chi connectivity index (χ2n) is 7.28. The zero-order valence-electron chi connectivity index (χ0n) is 16.3. The third kappa shape index (κ3) is 4.52. The number of hydrogen-bond acceptors (Lipinski definition) is 4. The molecular weight excluding hydrogens is 402 g/mol. The van der Waals surface area contributed by atoms with Crippen LogP contribution in [0.2, 0.25) is 5.02 Å². The molecule has 0 spiro atoms. The van der Waals surface area contributed by atoms with Crippen molar-refractivity contribution in [3.63, 3.8) is 0 Å². The molecule has 4 rings (SSSR count). The normalized spacial score (nSPS) is 14.5. The first-order valence-electron chi connectivity index (χ1n) is 9.88. The van der Waals surface area contributed by atoms with E-state index >= 15 is 0 Å². The highest BCUT2D eigenvalue weighted by molar-refractivity contribution is 6.31. The highest BCUT2D eigenvalue weighted by Crippen LogP contribution is 2.22.